The van der Waals surface area contributed by atoms with Gasteiger partial charge in [-0.25, -0.2) is 8.42 Å². The van der Waals surface area contributed by atoms with E-state index in [1.54, 1.807) is 0 Å². The van der Waals surface area contributed by atoms with Crippen molar-refractivity contribution in [2.24, 2.45) is 0 Å². The average Bonchev–Trinajstić information content (AvgIpc) is 2.79. The lowest BCUT2D eigenvalue weighted by Gasteiger charge is -2.23. The number of benzene rings is 3. The third kappa shape index (κ3) is 7.42. The van der Waals surface area contributed by atoms with E-state index >= 15 is 0 Å². The first-order valence-electron chi connectivity index (χ1n) is 10.9. The fraction of sp³-hybridized carbons (Fsp3) is 0.269. The molecule has 1 amide bonds. The smallest absolute Gasteiger partial charge is 0.243 e. The molecule has 1 atom stereocenters. The maximum atomic E-state index is 13.3. The topological polar surface area (TPSA) is 66.5 Å². The van der Waals surface area contributed by atoms with Gasteiger partial charge in [-0.3, -0.25) is 4.79 Å². The molecule has 0 fully saturated rings. The molecule has 0 heterocycles. The number of hydrogen-bond donors (Lipinski definition) is 1. The quantitative estimate of drug-likeness (QED) is 0.441. The minimum Gasteiger partial charge on any atom is -0.352 e. The van der Waals surface area contributed by atoms with Crippen molar-refractivity contribution in [3.63, 3.8) is 0 Å². The number of rotatable bonds is 10. The standard InChI is InChI=1S/C26H29ClN2O3S/c1-20-8-11-23(12-9-20)18-29(33(31,32)25-16-14-24(27)15-17-25)19-26(30)28-21(2)10-13-22-6-4-3-5-7-22/h3-9,11-12,14-17,21H,10,13,18-19H2,1-2H3,(H,28,30)/t21-/m1/s1. The highest BCUT2D eigenvalue weighted by atomic mass is 35.5. The number of halogens is 1. The van der Waals surface area contributed by atoms with Crippen molar-refractivity contribution in [2.45, 2.75) is 44.2 Å². The fourth-order valence-electron chi connectivity index (χ4n) is 3.46. The van der Waals surface area contributed by atoms with Crippen LogP contribution in [-0.2, 0) is 27.8 Å². The molecule has 0 unspecified atom stereocenters. The molecule has 0 radical (unpaired) electrons. The van der Waals surface area contributed by atoms with Gasteiger partial charge in [-0.1, -0.05) is 71.8 Å². The van der Waals surface area contributed by atoms with Crippen LogP contribution in [0.3, 0.4) is 0 Å². The average molecular weight is 485 g/mol. The normalized spacial score (nSPS) is 12.5. The van der Waals surface area contributed by atoms with Crippen molar-refractivity contribution >= 4 is 27.5 Å². The van der Waals surface area contributed by atoms with Crippen LogP contribution in [0, 0.1) is 6.92 Å². The first-order valence-corrected chi connectivity index (χ1v) is 12.7. The Morgan fingerprint density at radius 3 is 2.21 bits per heavy atom. The van der Waals surface area contributed by atoms with E-state index in [1.165, 1.54) is 34.1 Å². The molecule has 174 valence electrons. The summed E-state index contributed by atoms with van der Waals surface area (Å²) in [5, 5.41) is 3.39. The van der Waals surface area contributed by atoms with Gasteiger partial charge in [-0.05, 0) is 62.1 Å². The summed E-state index contributed by atoms with van der Waals surface area (Å²) >= 11 is 5.93. The van der Waals surface area contributed by atoms with Gasteiger partial charge in [0.25, 0.3) is 0 Å². The zero-order valence-electron chi connectivity index (χ0n) is 18.9. The summed E-state index contributed by atoms with van der Waals surface area (Å²) in [6, 6.07) is 23.5. The molecule has 0 aromatic heterocycles. The van der Waals surface area contributed by atoms with E-state index in [9.17, 15) is 13.2 Å². The Balaban J connectivity index is 1.72. The summed E-state index contributed by atoms with van der Waals surface area (Å²) in [6.07, 6.45) is 1.59. The van der Waals surface area contributed by atoms with E-state index in [1.807, 2.05) is 56.3 Å². The van der Waals surface area contributed by atoms with Crippen LogP contribution in [0.4, 0.5) is 0 Å². The van der Waals surface area contributed by atoms with Gasteiger partial charge in [0.15, 0.2) is 0 Å². The van der Waals surface area contributed by atoms with E-state index in [0.717, 1.165) is 24.0 Å². The minimum absolute atomic E-state index is 0.0860. The maximum Gasteiger partial charge on any atom is 0.243 e. The first-order chi connectivity index (χ1) is 15.7. The predicted molar refractivity (Wildman–Crippen MR) is 133 cm³/mol. The van der Waals surface area contributed by atoms with Gasteiger partial charge in [0.05, 0.1) is 11.4 Å². The van der Waals surface area contributed by atoms with Crippen LogP contribution in [0.25, 0.3) is 0 Å². The highest BCUT2D eigenvalue weighted by molar-refractivity contribution is 7.89. The summed E-state index contributed by atoms with van der Waals surface area (Å²) in [7, 11) is -3.90. The molecule has 1 N–H and O–H groups in total. The molecular formula is C26H29ClN2O3S. The van der Waals surface area contributed by atoms with Crippen LogP contribution in [0.2, 0.25) is 5.02 Å². The Labute approximate surface area is 201 Å². The molecule has 0 aliphatic heterocycles. The molecule has 0 aliphatic rings. The van der Waals surface area contributed by atoms with E-state index in [0.29, 0.717) is 5.02 Å². The molecular weight excluding hydrogens is 456 g/mol. The zero-order chi connectivity index (χ0) is 23.8. The van der Waals surface area contributed by atoms with Crippen LogP contribution >= 0.6 is 11.6 Å². The van der Waals surface area contributed by atoms with Crippen molar-refractivity contribution in [1.82, 2.24) is 9.62 Å². The number of sulfonamides is 1. The molecule has 3 aromatic rings. The van der Waals surface area contributed by atoms with Crippen LogP contribution in [0.1, 0.15) is 30.0 Å². The zero-order valence-corrected chi connectivity index (χ0v) is 20.4. The molecule has 3 aromatic carbocycles. The van der Waals surface area contributed by atoms with Gasteiger partial charge < -0.3 is 5.32 Å². The third-order valence-corrected chi connectivity index (χ3v) is 7.43. The largest absolute Gasteiger partial charge is 0.352 e. The Hall–Kier alpha value is -2.67. The summed E-state index contributed by atoms with van der Waals surface area (Å²) in [5.74, 6) is -0.333. The minimum atomic E-state index is -3.90. The van der Waals surface area contributed by atoms with E-state index in [-0.39, 0.29) is 29.9 Å². The van der Waals surface area contributed by atoms with Gasteiger partial charge in [0.1, 0.15) is 0 Å². The van der Waals surface area contributed by atoms with Gasteiger partial charge in [-0.15, -0.1) is 0 Å². The monoisotopic (exact) mass is 484 g/mol. The molecule has 0 saturated heterocycles. The molecule has 5 nitrogen and oxygen atoms in total. The molecule has 0 aliphatic carbocycles. The van der Waals surface area contributed by atoms with E-state index in [4.69, 9.17) is 11.6 Å². The molecule has 0 spiro atoms. The lowest BCUT2D eigenvalue weighted by atomic mass is 10.1. The number of hydrogen-bond acceptors (Lipinski definition) is 3. The molecule has 0 bridgehead atoms. The highest BCUT2D eigenvalue weighted by Gasteiger charge is 2.27. The second-order valence-electron chi connectivity index (χ2n) is 8.21. The number of aryl methyl sites for hydroxylation is 2. The Kier molecular flexibility index (Phi) is 8.67. The maximum absolute atomic E-state index is 13.3. The summed E-state index contributed by atoms with van der Waals surface area (Å²) < 4.78 is 27.9. The van der Waals surface area contributed by atoms with Gasteiger partial charge in [-0.2, -0.15) is 4.31 Å². The fourth-order valence-corrected chi connectivity index (χ4v) is 4.97. The second-order valence-corrected chi connectivity index (χ2v) is 10.6. The van der Waals surface area contributed by atoms with Crippen molar-refractivity contribution < 1.29 is 13.2 Å². The number of nitrogens with one attached hydrogen (secondary N) is 1. The van der Waals surface area contributed by atoms with Gasteiger partial charge in [0.2, 0.25) is 15.9 Å². The Morgan fingerprint density at radius 1 is 0.939 bits per heavy atom. The lowest BCUT2D eigenvalue weighted by molar-refractivity contribution is -0.122. The van der Waals surface area contributed by atoms with Crippen molar-refractivity contribution in [3.05, 3.63) is 101 Å². The third-order valence-electron chi connectivity index (χ3n) is 5.37. The van der Waals surface area contributed by atoms with Crippen molar-refractivity contribution in [3.8, 4) is 0 Å². The lowest BCUT2D eigenvalue weighted by Crippen LogP contribution is -2.43. The van der Waals surface area contributed by atoms with Gasteiger partial charge >= 0.3 is 0 Å². The van der Waals surface area contributed by atoms with Crippen LogP contribution in [0.5, 0.6) is 0 Å². The number of carbonyl (C=O) groups is 1. The SMILES string of the molecule is Cc1ccc(CN(CC(=O)N[C@H](C)CCc2ccccc2)S(=O)(=O)c2ccc(Cl)cc2)cc1. The molecule has 3 rings (SSSR count). The van der Waals surface area contributed by atoms with Crippen LogP contribution in [0.15, 0.2) is 83.8 Å². The van der Waals surface area contributed by atoms with E-state index < -0.39 is 10.0 Å². The van der Waals surface area contributed by atoms with Crippen LogP contribution in [-0.4, -0.2) is 31.2 Å². The first kappa shape index (κ1) is 25.0. The molecule has 7 heteroatoms. The second kappa shape index (κ2) is 11.5. The summed E-state index contributed by atoms with van der Waals surface area (Å²) in [5.41, 5.74) is 3.09. The molecule has 33 heavy (non-hydrogen) atoms. The number of carbonyl (C=O) groups excluding carboxylic acids is 1. The van der Waals surface area contributed by atoms with Gasteiger partial charge in [0, 0.05) is 17.6 Å². The summed E-state index contributed by atoms with van der Waals surface area (Å²) in [4.78, 5) is 12.9. The van der Waals surface area contributed by atoms with Crippen LogP contribution < -0.4 is 5.32 Å². The Bertz CT molecular complexity index is 1150. The Morgan fingerprint density at radius 2 is 1.58 bits per heavy atom. The molecule has 0 saturated carbocycles. The number of nitrogens with zero attached hydrogens (tertiary/aromatic N) is 1. The van der Waals surface area contributed by atoms with Crippen molar-refractivity contribution in [2.75, 3.05) is 6.54 Å². The van der Waals surface area contributed by atoms with Crippen molar-refractivity contribution in [1.29, 1.82) is 0 Å². The predicted octanol–water partition coefficient (Wildman–Crippen LogP) is 4.98. The van der Waals surface area contributed by atoms with E-state index in [2.05, 4.69) is 17.4 Å². The number of amides is 1. The summed E-state index contributed by atoms with van der Waals surface area (Å²) in [6.45, 7) is 3.72. The highest BCUT2D eigenvalue weighted by Crippen LogP contribution is 2.21.